The van der Waals surface area contributed by atoms with Crippen LogP contribution in [0.5, 0.6) is 0 Å². The number of sulfonamides is 1. The topological polar surface area (TPSA) is 57.7 Å². The summed E-state index contributed by atoms with van der Waals surface area (Å²) in [5.41, 5.74) is 0.487. The van der Waals surface area contributed by atoms with Crippen molar-refractivity contribution in [2.75, 3.05) is 32.4 Å². The molecular formula is C17H23ClN2O3S. The number of carbonyl (C=O) groups excluding carboxylic acids is 1. The highest BCUT2D eigenvalue weighted by Crippen LogP contribution is 2.43. The van der Waals surface area contributed by atoms with Gasteiger partial charge in [0.05, 0.1) is 11.7 Å². The Morgan fingerprint density at radius 1 is 1.12 bits per heavy atom. The van der Waals surface area contributed by atoms with Gasteiger partial charge in [0.25, 0.3) is 0 Å². The van der Waals surface area contributed by atoms with Crippen LogP contribution in [0.1, 0.15) is 31.2 Å². The third kappa shape index (κ3) is 3.32. The predicted molar refractivity (Wildman–Crippen MR) is 94.6 cm³/mol. The fourth-order valence-electron chi connectivity index (χ4n) is 3.92. The van der Waals surface area contributed by atoms with E-state index >= 15 is 0 Å². The Hall–Kier alpha value is -1.11. The molecule has 0 radical (unpaired) electrons. The minimum Gasteiger partial charge on any atom is -0.339 e. The van der Waals surface area contributed by atoms with Crippen molar-refractivity contribution in [3.05, 3.63) is 34.9 Å². The van der Waals surface area contributed by atoms with Crippen LogP contribution in [0.25, 0.3) is 0 Å². The van der Waals surface area contributed by atoms with Crippen LogP contribution >= 0.6 is 11.6 Å². The van der Waals surface area contributed by atoms with Gasteiger partial charge >= 0.3 is 0 Å². The van der Waals surface area contributed by atoms with E-state index in [-0.39, 0.29) is 5.91 Å². The normalized spacial score (nSPS) is 21.8. The number of piperazine rings is 1. The van der Waals surface area contributed by atoms with Crippen molar-refractivity contribution in [2.45, 2.75) is 31.1 Å². The lowest BCUT2D eigenvalue weighted by atomic mass is 9.77. The first-order valence-corrected chi connectivity index (χ1v) is 10.6. The van der Waals surface area contributed by atoms with Crippen LogP contribution in [-0.2, 0) is 20.2 Å². The summed E-state index contributed by atoms with van der Waals surface area (Å²) in [6.45, 7) is 1.65. The highest BCUT2D eigenvalue weighted by atomic mass is 35.5. The number of rotatable bonds is 3. The second-order valence-corrected chi connectivity index (χ2v) is 9.17. The van der Waals surface area contributed by atoms with Crippen LogP contribution in [0, 0.1) is 0 Å². The molecule has 1 heterocycles. The molecule has 0 atom stereocenters. The van der Waals surface area contributed by atoms with E-state index in [0.29, 0.717) is 31.2 Å². The second-order valence-electron chi connectivity index (χ2n) is 6.75. The highest BCUT2D eigenvalue weighted by Gasteiger charge is 2.45. The minimum absolute atomic E-state index is 0.121. The van der Waals surface area contributed by atoms with E-state index in [0.717, 1.165) is 31.2 Å². The Kier molecular flexibility index (Phi) is 4.91. The Morgan fingerprint density at radius 2 is 1.75 bits per heavy atom. The zero-order valence-electron chi connectivity index (χ0n) is 13.9. The summed E-state index contributed by atoms with van der Waals surface area (Å²) in [6, 6.07) is 7.61. The molecule has 24 heavy (non-hydrogen) atoms. The molecule has 0 aromatic heterocycles. The van der Waals surface area contributed by atoms with Crippen LogP contribution in [0.3, 0.4) is 0 Å². The van der Waals surface area contributed by atoms with E-state index in [1.165, 1.54) is 10.6 Å². The summed E-state index contributed by atoms with van der Waals surface area (Å²) in [4.78, 5) is 15.1. The van der Waals surface area contributed by atoms with E-state index in [1.807, 2.05) is 29.2 Å². The van der Waals surface area contributed by atoms with E-state index in [1.54, 1.807) is 0 Å². The zero-order chi connectivity index (χ0) is 17.4. The first kappa shape index (κ1) is 17.7. The van der Waals surface area contributed by atoms with Crippen molar-refractivity contribution in [2.24, 2.45) is 0 Å². The maximum Gasteiger partial charge on any atom is 0.233 e. The molecule has 0 N–H and O–H groups in total. The quantitative estimate of drug-likeness (QED) is 0.820. The number of hydrogen-bond donors (Lipinski definition) is 0. The van der Waals surface area contributed by atoms with Crippen molar-refractivity contribution in [3.8, 4) is 0 Å². The zero-order valence-corrected chi connectivity index (χ0v) is 15.4. The molecular weight excluding hydrogens is 348 g/mol. The predicted octanol–water partition coefficient (Wildman–Crippen LogP) is 2.26. The van der Waals surface area contributed by atoms with E-state index in [9.17, 15) is 13.2 Å². The summed E-state index contributed by atoms with van der Waals surface area (Å²) in [7, 11) is -3.19. The molecule has 7 heteroatoms. The molecule has 1 amide bonds. The monoisotopic (exact) mass is 370 g/mol. The van der Waals surface area contributed by atoms with Gasteiger partial charge in [0.1, 0.15) is 0 Å². The lowest BCUT2D eigenvalue weighted by Crippen LogP contribution is -2.54. The minimum atomic E-state index is -3.19. The van der Waals surface area contributed by atoms with Gasteiger partial charge in [0.2, 0.25) is 15.9 Å². The molecule has 1 aromatic rings. The van der Waals surface area contributed by atoms with Gasteiger partial charge in [-0.05, 0) is 30.5 Å². The fourth-order valence-corrected chi connectivity index (χ4v) is 4.93. The largest absolute Gasteiger partial charge is 0.339 e. The van der Waals surface area contributed by atoms with E-state index in [2.05, 4.69) is 0 Å². The average molecular weight is 371 g/mol. The standard InChI is InChI=1S/C17H23ClN2O3S/c1-24(22,23)20-11-9-19(10-12-20)16(21)17(7-2-3-8-17)14-5-4-6-15(18)13-14/h4-6,13H,2-3,7-12H2,1H3. The van der Waals surface area contributed by atoms with Crippen molar-refractivity contribution in [1.82, 2.24) is 9.21 Å². The van der Waals surface area contributed by atoms with Crippen LogP contribution in [0.4, 0.5) is 0 Å². The maximum absolute atomic E-state index is 13.3. The van der Waals surface area contributed by atoms with E-state index < -0.39 is 15.4 Å². The van der Waals surface area contributed by atoms with Gasteiger partial charge in [-0.2, -0.15) is 4.31 Å². The van der Waals surface area contributed by atoms with Gasteiger partial charge < -0.3 is 4.90 Å². The van der Waals surface area contributed by atoms with Crippen molar-refractivity contribution in [1.29, 1.82) is 0 Å². The van der Waals surface area contributed by atoms with Crippen LogP contribution in [-0.4, -0.2) is 56.0 Å². The second kappa shape index (κ2) is 6.65. The first-order valence-electron chi connectivity index (χ1n) is 8.33. The van der Waals surface area contributed by atoms with Crippen LogP contribution < -0.4 is 0 Å². The fraction of sp³-hybridized carbons (Fsp3) is 0.588. The Balaban J connectivity index is 1.82. The van der Waals surface area contributed by atoms with Crippen molar-refractivity contribution < 1.29 is 13.2 Å². The third-order valence-electron chi connectivity index (χ3n) is 5.24. The average Bonchev–Trinajstić information content (AvgIpc) is 3.04. The first-order chi connectivity index (χ1) is 11.3. The highest BCUT2D eigenvalue weighted by molar-refractivity contribution is 7.88. The molecule has 5 nitrogen and oxygen atoms in total. The lowest BCUT2D eigenvalue weighted by molar-refractivity contribution is -0.138. The molecule has 2 fully saturated rings. The van der Waals surface area contributed by atoms with Gasteiger partial charge in [-0.1, -0.05) is 36.6 Å². The number of carbonyl (C=O) groups is 1. The third-order valence-corrected chi connectivity index (χ3v) is 6.78. The molecule has 132 valence electrons. The van der Waals surface area contributed by atoms with Gasteiger partial charge in [0.15, 0.2) is 0 Å². The summed E-state index contributed by atoms with van der Waals surface area (Å²) in [6.07, 6.45) is 4.94. The smallest absolute Gasteiger partial charge is 0.233 e. The number of amides is 1. The summed E-state index contributed by atoms with van der Waals surface area (Å²) >= 11 is 6.15. The molecule has 2 aliphatic rings. The summed E-state index contributed by atoms with van der Waals surface area (Å²) in [5.74, 6) is 0.121. The molecule has 1 saturated heterocycles. The number of nitrogens with zero attached hydrogens (tertiary/aromatic N) is 2. The van der Waals surface area contributed by atoms with Gasteiger partial charge in [0, 0.05) is 31.2 Å². The van der Waals surface area contributed by atoms with Gasteiger partial charge in [-0.25, -0.2) is 8.42 Å². The van der Waals surface area contributed by atoms with Crippen LogP contribution in [0.2, 0.25) is 5.02 Å². The molecule has 1 aromatic carbocycles. The Labute approximate surface area is 148 Å². The lowest BCUT2D eigenvalue weighted by Gasteiger charge is -2.39. The Bertz CT molecular complexity index is 721. The summed E-state index contributed by atoms with van der Waals surface area (Å²) < 4.78 is 24.7. The molecule has 0 bridgehead atoms. The summed E-state index contributed by atoms with van der Waals surface area (Å²) in [5, 5.41) is 0.647. The maximum atomic E-state index is 13.3. The van der Waals surface area contributed by atoms with Gasteiger partial charge in [-0.3, -0.25) is 4.79 Å². The molecule has 0 unspecified atom stereocenters. The van der Waals surface area contributed by atoms with Crippen molar-refractivity contribution in [3.63, 3.8) is 0 Å². The van der Waals surface area contributed by atoms with Crippen molar-refractivity contribution >= 4 is 27.5 Å². The number of halogens is 1. The molecule has 1 aliphatic heterocycles. The molecule has 0 spiro atoms. The van der Waals surface area contributed by atoms with Gasteiger partial charge in [-0.15, -0.1) is 0 Å². The van der Waals surface area contributed by atoms with E-state index in [4.69, 9.17) is 11.6 Å². The molecule has 3 rings (SSSR count). The number of benzene rings is 1. The Morgan fingerprint density at radius 3 is 2.29 bits per heavy atom. The van der Waals surface area contributed by atoms with Crippen LogP contribution in [0.15, 0.2) is 24.3 Å². The molecule has 1 aliphatic carbocycles. The molecule has 1 saturated carbocycles. The SMILES string of the molecule is CS(=O)(=O)N1CCN(C(=O)C2(c3cccc(Cl)c3)CCCC2)CC1. The number of hydrogen-bond acceptors (Lipinski definition) is 3.